The minimum Gasteiger partial charge on any atom is -0.466 e. The van der Waals surface area contributed by atoms with Gasteiger partial charge in [-0.2, -0.15) is 0 Å². The van der Waals surface area contributed by atoms with Gasteiger partial charge in [-0.25, -0.2) is 0 Å². The maximum absolute atomic E-state index is 11.7. The third-order valence-electron chi connectivity index (χ3n) is 2.93. The van der Waals surface area contributed by atoms with Crippen molar-refractivity contribution in [1.29, 1.82) is 0 Å². The first kappa shape index (κ1) is 11.3. The van der Waals surface area contributed by atoms with Crippen LogP contribution in [0.15, 0.2) is 12.2 Å². The summed E-state index contributed by atoms with van der Waals surface area (Å²) in [6.07, 6.45) is 6.14. The first-order valence-corrected chi connectivity index (χ1v) is 5.48. The molecule has 0 saturated carbocycles. The molecule has 0 N–H and O–H groups in total. The van der Waals surface area contributed by atoms with E-state index in [0.717, 1.165) is 12.8 Å². The molecule has 0 aliphatic heterocycles. The molecule has 0 fully saturated rings. The van der Waals surface area contributed by atoms with Crippen molar-refractivity contribution in [3.05, 3.63) is 12.2 Å². The molecule has 14 heavy (non-hydrogen) atoms. The summed E-state index contributed by atoms with van der Waals surface area (Å²) in [5.41, 5.74) is 0. The number of allylic oxidation sites excluding steroid dienone is 2. The molecule has 1 aliphatic rings. The topological polar surface area (TPSA) is 26.3 Å². The fourth-order valence-electron chi connectivity index (χ4n) is 2.09. The summed E-state index contributed by atoms with van der Waals surface area (Å²) in [6.45, 7) is 6.71. The van der Waals surface area contributed by atoms with E-state index in [9.17, 15) is 4.79 Å². The first-order valence-electron chi connectivity index (χ1n) is 5.48. The maximum atomic E-state index is 11.7. The normalized spacial score (nSPS) is 26.6. The van der Waals surface area contributed by atoms with Crippen molar-refractivity contribution in [2.45, 2.75) is 33.6 Å². The Morgan fingerprint density at radius 3 is 2.64 bits per heavy atom. The number of carbonyl (C=O) groups is 1. The minimum atomic E-state index is -0.0180. The lowest BCUT2D eigenvalue weighted by molar-refractivity contribution is -0.150. The maximum Gasteiger partial charge on any atom is 0.309 e. The lowest BCUT2D eigenvalue weighted by atomic mass is 9.76. The Bertz CT molecular complexity index is 218. The summed E-state index contributed by atoms with van der Waals surface area (Å²) < 4.78 is 5.09. The molecule has 2 nitrogen and oxygen atoms in total. The highest BCUT2D eigenvalue weighted by Gasteiger charge is 2.31. The average molecular weight is 196 g/mol. The van der Waals surface area contributed by atoms with Gasteiger partial charge >= 0.3 is 5.97 Å². The van der Waals surface area contributed by atoms with Gasteiger partial charge in [-0.3, -0.25) is 4.79 Å². The Kier molecular flexibility index (Phi) is 4.18. The predicted octanol–water partition coefficient (Wildman–Crippen LogP) is 2.79. The third-order valence-corrected chi connectivity index (χ3v) is 2.93. The molecule has 0 aromatic heterocycles. The second-order valence-electron chi connectivity index (χ2n) is 4.21. The van der Waals surface area contributed by atoms with E-state index in [2.05, 4.69) is 26.0 Å². The van der Waals surface area contributed by atoms with E-state index in [1.54, 1.807) is 0 Å². The van der Waals surface area contributed by atoms with Crippen molar-refractivity contribution in [2.75, 3.05) is 6.61 Å². The quantitative estimate of drug-likeness (QED) is 0.512. The van der Waals surface area contributed by atoms with E-state index < -0.39 is 0 Å². The number of ether oxygens (including phenoxy) is 1. The highest BCUT2D eigenvalue weighted by atomic mass is 16.5. The Labute approximate surface area is 86.3 Å². The van der Waals surface area contributed by atoms with Gasteiger partial charge in [0, 0.05) is 0 Å². The van der Waals surface area contributed by atoms with Gasteiger partial charge < -0.3 is 4.74 Å². The SMILES string of the molecule is CCOC(=O)[C@@H]1CC=CC[C@@H]1C(C)C. The third kappa shape index (κ3) is 2.60. The number of rotatable bonds is 3. The molecule has 80 valence electrons. The number of esters is 1. The van der Waals surface area contributed by atoms with E-state index in [-0.39, 0.29) is 11.9 Å². The molecular formula is C12H20O2. The second-order valence-corrected chi connectivity index (χ2v) is 4.21. The number of hydrogen-bond acceptors (Lipinski definition) is 2. The van der Waals surface area contributed by atoms with Crippen LogP contribution in [0.25, 0.3) is 0 Å². The fraction of sp³-hybridized carbons (Fsp3) is 0.750. The molecule has 0 aromatic carbocycles. The summed E-state index contributed by atoms with van der Waals surface area (Å²) in [4.78, 5) is 11.7. The van der Waals surface area contributed by atoms with Crippen LogP contribution in [0, 0.1) is 17.8 Å². The van der Waals surface area contributed by atoms with Crippen molar-refractivity contribution >= 4 is 5.97 Å². The molecule has 1 aliphatic carbocycles. The molecule has 2 heteroatoms. The summed E-state index contributed by atoms with van der Waals surface area (Å²) in [6, 6.07) is 0. The molecule has 0 amide bonds. The van der Waals surface area contributed by atoms with E-state index in [0.29, 0.717) is 18.4 Å². The van der Waals surface area contributed by atoms with E-state index >= 15 is 0 Å². The van der Waals surface area contributed by atoms with Crippen LogP contribution in [-0.4, -0.2) is 12.6 Å². The molecular weight excluding hydrogens is 176 g/mol. The lowest BCUT2D eigenvalue weighted by Crippen LogP contribution is -2.30. The highest BCUT2D eigenvalue weighted by Crippen LogP contribution is 2.32. The average Bonchev–Trinajstić information content (AvgIpc) is 2.18. The lowest BCUT2D eigenvalue weighted by Gasteiger charge is -2.29. The van der Waals surface area contributed by atoms with Crippen LogP contribution < -0.4 is 0 Å². The smallest absolute Gasteiger partial charge is 0.309 e. The Morgan fingerprint density at radius 1 is 1.43 bits per heavy atom. The molecule has 0 aromatic rings. The van der Waals surface area contributed by atoms with Crippen molar-refractivity contribution in [2.24, 2.45) is 17.8 Å². The van der Waals surface area contributed by atoms with Crippen LogP contribution in [-0.2, 0) is 9.53 Å². The van der Waals surface area contributed by atoms with Crippen molar-refractivity contribution < 1.29 is 9.53 Å². The van der Waals surface area contributed by atoms with Crippen LogP contribution >= 0.6 is 0 Å². The monoisotopic (exact) mass is 196 g/mol. The standard InChI is InChI=1S/C12H20O2/c1-4-14-12(13)11-8-6-5-7-10(11)9(2)3/h5-6,9-11H,4,7-8H2,1-3H3/t10-,11-/m1/s1. The van der Waals surface area contributed by atoms with E-state index in [4.69, 9.17) is 4.74 Å². The van der Waals surface area contributed by atoms with Gasteiger partial charge in [0.25, 0.3) is 0 Å². The van der Waals surface area contributed by atoms with Crippen LogP contribution in [0.3, 0.4) is 0 Å². The Morgan fingerprint density at radius 2 is 2.07 bits per heavy atom. The van der Waals surface area contributed by atoms with E-state index in [1.807, 2.05) is 6.92 Å². The van der Waals surface area contributed by atoms with Crippen molar-refractivity contribution in [3.8, 4) is 0 Å². The first-order chi connectivity index (χ1) is 6.66. The Hall–Kier alpha value is -0.790. The zero-order chi connectivity index (χ0) is 10.6. The van der Waals surface area contributed by atoms with Gasteiger partial charge in [-0.1, -0.05) is 26.0 Å². The van der Waals surface area contributed by atoms with Gasteiger partial charge in [0.05, 0.1) is 12.5 Å². The molecule has 0 saturated heterocycles. The van der Waals surface area contributed by atoms with Gasteiger partial charge in [0.1, 0.15) is 0 Å². The van der Waals surface area contributed by atoms with Gasteiger partial charge in [0.15, 0.2) is 0 Å². The minimum absolute atomic E-state index is 0.0180. The predicted molar refractivity (Wildman–Crippen MR) is 56.8 cm³/mol. The number of hydrogen-bond donors (Lipinski definition) is 0. The van der Waals surface area contributed by atoms with E-state index in [1.165, 1.54) is 0 Å². The molecule has 0 bridgehead atoms. The fourth-order valence-corrected chi connectivity index (χ4v) is 2.09. The summed E-state index contributed by atoms with van der Waals surface area (Å²) in [5.74, 6) is 1.07. The molecule has 2 atom stereocenters. The highest BCUT2D eigenvalue weighted by molar-refractivity contribution is 5.73. The van der Waals surface area contributed by atoms with Crippen LogP contribution in [0.5, 0.6) is 0 Å². The molecule has 0 heterocycles. The Balaban J connectivity index is 2.64. The van der Waals surface area contributed by atoms with Crippen LogP contribution in [0.2, 0.25) is 0 Å². The second kappa shape index (κ2) is 5.18. The summed E-state index contributed by atoms with van der Waals surface area (Å²) in [5, 5.41) is 0. The van der Waals surface area contributed by atoms with Crippen molar-refractivity contribution in [1.82, 2.24) is 0 Å². The molecule has 0 unspecified atom stereocenters. The molecule has 0 spiro atoms. The zero-order valence-corrected chi connectivity index (χ0v) is 9.32. The molecule has 1 rings (SSSR count). The molecule has 0 radical (unpaired) electrons. The van der Waals surface area contributed by atoms with Crippen LogP contribution in [0.1, 0.15) is 33.6 Å². The van der Waals surface area contributed by atoms with Gasteiger partial charge in [0.2, 0.25) is 0 Å². The van der Waals surface area contributed by atoms with Gasteiger partial charge in [-0.05, 0) is 31.6 Å². The van der Waals surface area contributed by atoms with Crippen molar-refractivity contribution in [3.63, 3.8) is 0 Å². The van der Waals surface area contributed by atoms with Crippen LogP contribution in [0.4, 0.5) is 0 Å². The largest absolute Gasteiger partial charge is 0.466 e. The summed E-state index contributed by atoms with van der Waals surface area (Å²) >= 11 is 0. The number of carbonyl (C=O) groups excluding carboxylic acids is 1. The van der Waals surface area contributed by atoms with Gasteiger partial charge in [-0.15, -0.1) is 0 Å². The zero-order valence-electron chi connectivity index (χ0n) is 9.32. The summed E-state index contributed by atoms with van der Waals surface area (Å²) in [7, 11) is 0.